The molecule has 0 unspecified atom stereocenters. The van der Waals surface area contributed by atoms with Gasteiger partial charge in [0.05, 0.1) is 22.4 Å². The quantitative estimate of drug-likeness (QED) is 0.243. The highest BCUT2D eigenvalue weighted by Crippen LogP contribution is 2.39. The van der Waals surface area contributed by atoms with Crippen molar-refractivity contribution in [1.82, 2.24) is 30.2 Å². The van der Waals surface area contributed by atoms with E-state index in [0.29, 0.717) is 24.4 Å². The molecule has 0 aliphatic carbocycles. The van der Waals surface area contributed by atoms with Gasteiger partial charge in [-0.05, 0) is 64.9 Å². The predicted octanol–water partition coefficient (Wildman–Crippen LogP) is 6.20. The molecule has 0 spiro atoms. The van der Waals surface area contributed by atoms with Gasteiger partial charge in [-0.2, -0.15) is 5.21 Å². The number of hydrogen-bond donors (Lipinski definition) is 1. The summed E-state index contributed by atoms with van der Waals surface area (Å²) in [7, 11) is 0. The fourth-order valence-electron chi connectivity index (χ4n) is 5.85. The number of imidazole rings is 1. The average Bonchev–Trinajstić information content (AvgIpc) is 3.59. The maximum Gasteiger partial charge on any atom is 0.234 e. The molecule has 2 aromatic heterocycles. The molecule has 208 valence electrons. The van der Waals surface area contributed by atoms with Crippen molar-refractivity contribution in [2.45, 2.75) is 59.8 Å². The van der Waals surface area contributed by atoms with E-state index in [1.54, 1.807) is 0 Å². The first-order chi connectivity index (χ1) is 19.8. The van der Waals surface area contributed by atoms with E-state index in [1.165, 1.54) is 4.90 Å². The molecule has 1 fully saturated rings. The fraction of sp³-hybridized carbons (Fsp3) is 0.312. The van der Waals surface area contributed by atoms with Crippen LogP contribution < -0.4 is 4.90 Å². The molecule has 3 aromatic carbocycles. The molecule has 1 saturated heterocycles. The van der Waals surface area contributed by atoms with Crippen LogP contribution in [0.15, 0.2) is 60.7 Å². The topological polar surface area (TPSA) is 110 Å². The van der Waals surface area contributed by atoms with Gasteiger partial charge in [-0.3, -0.25) is 19.1 Å². The number of piperidine rings is 1. The molecule has 3 heterocycles. The van der Waals surface area contributed by atoms with Gasteiger partial charge in [-0.1, -0.05) is 63.6 Å². The summed E-state index contributed by atoms with van der Waals surface area (Å²) in [5, 5.41) is 15.1. The Morgan fingerprint density at radius 1 is 0.976 bits per heavy atom. The number of benzene rings is 3. The number of carbonyl (C=O) groups excluding carboxylic acids is 2. The molecule has 1 aliphatic heterocycles. The largest absolute Gasteiger partial charge is 0.296 e. The van der Waals surface area contributed by atoms with E-state index in [1.807, 2.05) is 50.2 Å². The van der Waals surface area contributed by atoms with Crippen molar-refractivity contribution in [1.29, 1.82) is 0 Å². The van der Waals surface area contributed by atoms with E-state index in [4.69, 9.17) is 4.98 Å². The molecule has 5 aromatic rings. The van der Waals surface area contributed by atoms with Crippen LogP contribution in [-0.2, 0) is 16.0 Å². The number of imide groups is 1. The lowest BCUT2D eigenvalue weighted by Crippen LogP contribution is -2.46. The average molecular weight is 548 g/mol. The lowest BCUT2D eigenvalue weighted by molar-refractivity contribution is -0.132. The van der Waals surface area contributed by atoms with Gasteiger partial charge < -0.3 is 0 Å². The number of nitrogens with zero attached hydrogens (tertiary/aromatic N) is 6. The van der Waals surface area contributed by atoms with E-state index < -0.39 is 0 Å². The Labute approximate surface area is 238 Å². The van der Waals surface area contributed by atoms with Gasteiger partial charge >= 0.3 is 0 Å². The van der Waals surface area contributed by atoms with Crippen LogP contribution in [0.25, 0.3) is 39.2 Å². The van der Waals surface area contributed by atoms with E-state index in [0.717, 1.165) is 64.1 Å². The number of aromatic nitrogens is 6. The van der Waals surface area contributed by atoms with Gasteiger partial charge in [0.25, 0.3) is 0 Å². The molecule has 1 N–H and O–H groups in total. The predicted molar refractivity (Wildman–Crippen MR) is 159 cm³/mol. The number of H-pyrrole nitrogens is 1. The molecule has 6 rings (SSSR count). The smallest absolute Gasteiger partial charge is 0.234 e. The monoisotopic (exact) mass is 547 g/mol. The Hall–Kier alpha value is -4.66. The highest BCUT2D eigenvalue weighted by atomic mass is 16.2. The van der Waals surface area contributed by atoms with Crippen molar-refractivity contribution in [3.63, 3.8) is 0 Å². The number of nitrogens with one attached hydrogen (secondary N) is 1. The van der Waals surface area contributed by atoms with E-state index in [9.17, 15) is 9.59 Å². The van der Waals surface area contributed by atoms with Crippen molar-refractivity contribution in [2.75, 3.05) is 4.90 Å². The zero-order chi connectivity index (χ0) is 28.7. The minimum absolute atomic E-state index is 0.175. The van der Waals surface area contributed by atoms with Gasteiger partial charge in [0.2, 0.25) is 17.6 Å². The molecular weight excluding hydrogens is 514 g/mol. The van der Waals surface area contributed by atoms with Crippen LogP contribution in [0.3, 0.4) is 0 Å². The van der Waals surface area contributed by atoms with Crippen LogP contribution >= 0.6 is 0 Å². The number of fused-ring (bicyclic) bond motifs is 1. The Bertz CT molecular complexity index is 1730. The highest BCUT2D eigenvalue weighted by molar-refractivity contribution is 6.17. The highest BCUT2D eigenvalue weighted by Gasteiger charge is 2.38. The van der Waals surface area contributed by atoms with Crippen molar-refractivity contribution in [2.24, 2.45) is 5.41 Å². The van der Waals surface area contributed by atoms with Gasteiger partial charge in [-0.25, -0.2) is 4.98 Å². The summed E-state index contributed by atoms with van der Waals surface area (Å²) in [5.74, 6) is 1.08. The number of aromatic amines is 1. The van der Waals surface area contributed by atoms with Crippen molar-refractivity contribution in [3.8, 4) is 28.2 Å². The van der Waals surface area contributed by atoms with E-state index in [-0.39, 0.29) is 17.2 Å². The van der Waals surface area contributed by atoms with Crippen LogP contribution in [-0.4, -0.2) is 42.0 Å². The number of aryl methyl sites for hydroxylation is 1. The lowest BCUT2D eigenvalue weighted by atomic mass is 9.81. The van der Waals surface area contributed by atoms with E-state index in [2.05, 4.69) is 63.3 Å². The third-order valence-electron chi connectivity index (χ3n) is 7.81. The normalized spacial score (nSPS) is 15.2. The summed E-state index contributed by atoms with van der Waals surface area (Å²) in [6.07, 6.45) is 3.44. The zero-order valence-corrected chi connectivity index (χ0v) is 23.8. The van der Waals surface area contributed by atoms with Crippen LogP contribution in [0.1, 0.15) is 57.8 Å². The summed E-state index contributed by atoms with van der Waals surface area (Å²) in [6, 6.07) is 20.0. The number of hydrogen-bond acceptors (Lipinski definition) is 6. The number of carbonyl (C=O) groups is 2. The van der Waals surface area contributed by atoms with Crippen LogP contribution in [0.4, 0.5) is 5.69 Å². The van der Waals surface area contributed by atoms with Crippen molar-refractivity contribution in [3.05, 3.63) is 72.1 Å². The van der Waals surface area contributed by atoms with Crippen molar-refractivity contribution < 1.29 is 9.59 Å². The second-order valence-corrected chi connectivity index (χ2v) is 11.5. The third kappa shape index (κ3) is 4.81. The third-order valence-corrected chi connectivity index (χ3v) is 7.81. The van der Waals surface area contributed by atoms with Gasteiger partial charge in [0, 0.05) is 24.8 Å². The van der Waals surface area contributed by atoms with Gasteiger partial charge in [0.15, 0.2) is 0 Å². The van der Waals surface area contributed by atoms with Crippen LogP contribution in [0.5, 0.6) is 0 Å². The van der Waals surface area contributed by atoms with Crippen LogP contribution in [0.2, 0.25) is 0 Å². The Morgan fingerprint density at radius 2 is 1.73 bits per heavy atom. The second-order valence-electron chi connectivity index (χ2n) is 11.5. The number of amides is 2. The summed E-state index contributed by atoms with van der Waals surface area (Å²) in [6.45, 7) is 8.14. The maximum atomic E-state index is 13.1. The summed E-state index contributed by atoms with van der Waals surface area (Å²) < 4.78 is 2.16. The molecule has 0 bridgehead atoms. The van der Waals surface area contributed by atoms with Gasteiger partial charge in [-0.15, -0.1) is 10.2 Å². The van der Waals surface area contributed by atoms with E-state index >= 15 is 0 Å². The molecule has 9 nitrogen and oxygen atoms in total. The molecule has 0 radical (unpaired) electrons. The zero-order valence-electron chi connectivity index (χ0n) is 23.8. The Balaban J connectivity index is 1.56. The summed E-state index contributed by atoms with van der Waals surface area (Å²) in [5.41, 5.74) is 6.73. The summed E-state index contributed by atoms with van der Waals surface area (Å²) >= 11 is 0. The lowest BCUT2D eigenvalue weighted by Gasteiger charge is -2.34. The molecule has 0 atom stereocenters. The van der Waals surface area contributed by atoms with Gasteiger partial charge in [0.1, 0.15) is 5.82 Å². The molecule has 9 heteroatoms. The van der Waals surface area contributed by atoms with Crippen molar-refractivity contribution >= 4 is 28.5 Å². The molecule has 0 saturated carbocycles. The minimum Gasteiger partial charge on any atom is -0.296 e. The Kier molecular flexibility index (Phi) is 6.73. The maximum absolute atomic E-state index is 13.1. The minimum atomic E-state index is -0.340. The molecule has 41 heavy (non-hydrogen) atoms. The fourth-order valence-corrected chi connectivity index (χ4v) is 5.85. The summed E-state index contributed by atoms with van der Waals surface area (Å²) in [4.78, 5) is 32.6. The number of unbranched alkanes of at least 4 members (excludes halogenated alkanes) is 1. The molecule has 1 aliphatic rings. The molecular formula is C32H33N7O2. The first-order valence-corrected chi connectivity index (χ1v) is 14.1. The van der Waals surface area contributed by atoms with Crippen LogP contribution in [0, 0.1) is 12.3 Å². The molecule has 2 amide bonds. The number of anilines is 1. The first kappa shape index (κ1) is 26.6. The Morgan fingerprint density at radius 3 is 2.41 bits per heavy atom. The SMILES string of the molecule is CCCCc1nc2ccc(N3C(=O)CC(C)(C)CC3=O)cc2n1-c1ccc(-c2ccccc2)c(-c2nn[nH]n2)c1C. The number of tetrazole rings is 1. The first-order valence-electron chi connectivity index (χ1n) is 14.1. The standard InChI is InChI=1S/C32H33N7O2/c1-5-6-12-27-33-24-15-13-22(38-28(40)18-32(3,4)19-29(38)41)17-26(24)39(27)25-16-14-23(21-10-8-7-9-11-21)30(20(25)2)31-34-36-37-35-31/h7-11,13-17H,5-6,12,18-19H2,1-4H3,(H,34,35,36,37). The second kappa shape index (κ2) is 10.4. The number of rotatable bonds is 7.